The first-order valence-corrected chi connectivity index (χ1v) is 8.60. The van der Waals surface area contributed by atoms with Gasteiger partial charge < -0.3 is 5.73 Å². The Hall–Kier alpha value is -0.980. The summed E-state index contributed by atoms with van der Waals surface area (Å²) in [5, 5.41) is 0. The van der Waals surface area contributed by atoms with Crippen LogP contribution in [0.5, 0.6) is 0 Å². The van der Waals surface area contributed by atoms with E-state index in [-0.39, 0.29) is 11.4 Å². The number of nitrogens with zero attached hydrogens (tertiary/aromatic N) is 2. The Balaban J connectivity index is 2.16. The van der Waals surface area contributed by atoms with Gasteiger partial charge in [-0.3, -0.25) is 4.98 Å². The average Bonchev–Trinajstić information content (AvgIpc) is 2.48. The number of aromatic nitrogens is 1. The minimum Gasteiger partial charge on any atom is -0.325 e. The van der Waals surface area contributed by atoms with E-state index >= 15 is 0 Å². The van der Waals surface area contributed by atoms with E-state index in [1.54, 1.807) is 25.4 Å². The molecule has 2 N–H and O–H groups in total. The molecule has 0 bridgehead atoms. The molecule has 2 rings (SSSR count). The van der Waals surface area contributed by atoms with Crippen molar-refractivity contribution in [3.8, 4) is 0 Å². The van der Waals surface area contributed by atoms with Gasteiger partial charge in [0.25, 0.3) is 0 Å². The molecule has 1 heterocycles. The monoisotopic (exact) mass is 297 g/mol. The minimum atomic E-state index is -3.49. The molecule has 1 fully saturated rings. The molecule has 1 aliphatic rings. The average molecular weight is 297 g/mol. The van der Waals surface area contributed by atoms with Crippen molar-refractivity contribution >= 4 is 10.0 Å². The van der Waals surface area contributed by atoms with E-state index in [1.807, 2.05) is 0 Å². The number of hydrogen-bond donors (Lipinski definition) is 1. The Morgan fingerprint density at radius 3 is 2.70 bits per heavy atom. The molecule has 0 atom stereocenters. The van der Waals surface area contributed by atoms with Crippen LogP contribution in [-0.4, -0.2) is 31.3 Å². The van der Waals surface area contributed by atoms with Crippen LogP contribution in [0.25, 0.3) is 0 Å². The Morgan fingerprint density at radius 2 is 2.05 bits per heavy atom. The zero-order valence-corrected chi connectivity index (χ0v) is 12.8. The van der Waals surface area contributed by atoms with Gasteiger partial charge >= 0.3 is 0 Å². The molecule has 6 heteroatoms. The van der Waals surface area contributed by atoms with Gasteiger partial charge in [0.15, 0.2) is 0 Å². The number of pyridine rings is 1. The first-order valence-electron chi connectivity index (χ1n) is 7.16. The largest absolute Gasteiger partial charge is 0.325 e. The highest BCUT2D eigenvalue weighted by Crippen LogP contribution is 2.26. The lowest BCUT2D eigenvalue weighted by atomic mass is 9.89. The number of sulfonamides is 1. The van der Waals surface area contributed by atoms with Gasteiger partial charge in [0.2, 0.25) is 10.0 Å². The van der Waals surface area contributed by atoms with Crippen molar-refractivity contribution in [3.05, 3.63) is 24.0 Å². The summed E-state index contributed by atoms with van der Waals surface area (Å²) < 4.78 is 26.7. The summed E-state index contributed by atoms with van der Waals surface area (Å²) in [5.41, 5.74) is 6.02. The normalized spacial score (nSPS) is 17.6. The third-order valence-electron chi connectivity index (χ3n) is 3.97. The van der Waals surface area contributed by atoms with Gasteiger partial charge in [-0.15, -0.1) is 0 Å². The van der Waals surface area contributed by atoms with E-state index in [0.717, 1.165) is 12.8 Å². The van der Waals surface area contributed by atoms with Crippen molar-refractivity contribution in [2.75, 3.05) is 13.6 Å². The van der Waals surface area contributed by atoms with Crippen LogP contribution in [-0.2, 0) is 16.6 Å². The Labute approximate surface area is 121 Å². The van der Waals surface area contributed by atoms with Crippen molar-refractivity contribution < 1.29 is 8.42 Å². The molecule has 5 nitrogen and oxygen atoms in total. The lowest BCUT2D eigenvalue weighted by Gasteiger charge is -2.27. The second kappa shape index (κ2) is 6.65. The summed E-state index contributed by atoms with van der Waals surface area (Å²) in [6, 6.07) is 3.22. The molecule has 0 aliphatic heterocycles. The second-order valence-electron chi connectivity index (χ2n) is 5.44. The summed E-state index contributed by atoms with van der Waals surface area (Å²) in [4.78, 5) is 4.30. The fraction of sp³-hybridized carbons (Fsp3) is 0.643. The van der Waals surface area contributed by atoms with Gasteiger partial charge in [0.05, 0.1) is 5.69 Å². The van der Waals surface area contributed by atoms with Crippen LogP contribution in [0.15, 0.2) is 23.2 Å². The van der Waals surface area contributed by atoms with Crippen LogP contribution in [0.4, 0.5) is 0 Å². The number of nitrogens with two attached hydrogens (primary N) is 1. The van der Waals surface area contributed by atoms with E-state index in [0.29, 0.717) is 18.2 Å². The summed E-state index contributed by atoms with van der Waals surface area (Å²) in [6.45, 7) is 0.716. The summed E-state index contributed by atoms with van der Waals surface area (Å²) >= 11 is 0. The van der Waals surface area contributed by atoms with Crippen LogP contribution in [0.3, 0.4) is 0 Å². The van der Waals surface area contributed by atoms with Crippen LogP contribution in [0.1, 0.15) is 37.8 Å². The molecule has 112 valence electrons. The maximum Gasteiger partial charge on any atom is 0.244 e. The van der Waals surface area contributed by atoms with Crippen LogP contribution in [0.2, 0.25) is 0 Å². The lowest BCUT2D eigenvalue weighted by Crippen LogP contribution is -2.33. The minimum absolute atomic E-state index is 0.132. The van der Waals surface area contributed by atoms with Crippen molar-refractivity contribution in [2.24, 2.45) is 11.7 Å². The molecular formula is C14H23N3O2S. The molecule has 1 aromatic rings. The molecule has 0 aromatic carbocycles. The third kappa shape index (κ3) is 3.37. The number of rotatable bonds is 5. The van der Waals surface area contributed by atoms with Gasteiger partial charge in [0, 0.05) is 26.3 Å². The highest BCUT2D eigenvalue weighted by Gasteiger charge is 2.26. The van der Waals surface area contributed by atoms with Crippen molar-refractivity contribution in [1.29, 1.82) is 0 Å². The predicted molar refractivity (Wildman–Crippen MR) is 78.5 cm³/mol. The highest BCUT2D eigenvalue weighted by molar-refractivity contribution is 7.89. The molecule has 1 aromatic heterocycles. The molecule has 0 amide bonds. The summed E-state index contributed by atoms with van der Waals surface area (Å²) in [7, 11) is -1.84. The first kappa shape index (κ1) is 15.4. The molecule has 0 radical (unpaired) electrons. The molecule has 0 saturated heterocycles. The van der Waals surface area contributed by atoms with E-state index < -0.39 is 10.0 Å². The maximum absolute atomic E-state index is 12.6. The van der Waals surface area contributed by atoms with Crippen molar-refractivity contribution in [1.82, 2.24) is 9.29 Å². The van der Waals surface area contributed by atoms with E-state index in [9.17, 15) is 8.42 Å². The van der Waals surface area contributed by atoms with E-state index in [4.69, 9.17) is 5.73 Å². The van der Waals surface area contributed by atoms with Gasteiger partial charge in [-0.05, 0) is 30.9 Å². The summed E-state index contributed by atoms with van der Waals surface area (Å²) in [6.07, 6.45) is 7.50. The zero-order valence-electron chi connectivity index (χ0n) is 12.0. The van der Waals surface area contributed by atoms with Crippen LogP contribution >= 0.6 is 0 Å². The van der Waals surface area contributed by atoms with Gasteiger partial charge in [-0.2, -0.15) is 0 Å². The Morgan fingerprint density at radius 1 is 1.35 bits per heavy atom. The zero-order chi connectivity index (χ0) is 14.6. The Bertz CT molecular complexity index is 539. The fourth-order valence-electron chi connectivity index (χ4n) is 2.81. The van der Waals surface area contributed by atoms with Crippen LogP contribution in [0, 0.1) is 5.92 Å². The van der Waals surface area contributed by atoms with E-state index in [2.05, 4.69) is 4.98 Å². The van der Waals surface area contributed by atoms with Crippen molar-refractivity contribution in [3.63, 3.8) is 0 Å². The lowest BCUT2D eigenvalue weighted by molar-refractivity contribution is 0.300. The number of hydrogen-bond acceptors (Lipinski definition) is 4. The molecule has 1 saturated carbocycles. The molecule has 20 heavy (non-hydrogen) atoms. The fourth-order valence-corrected chi connectivity index (χ4v) is 4.24. The maximum atomic E-state index is 12.6. The summed E-state index contributed by atoms with van der Waals surface area (Å²) in [5.74, 6) is 0.474. The second-order valence-corrected chi connectivity index (χ2v) is 7.46. The highest BCUT2D eigenvalue weighted by atomic mass is 32.2. The van der Waals surface area contributed by atoms with Gasteiger partial charge in [-0.25, -0.2) is 12.7 Å². The first-order chi connectivity index (χ1) is 9.55. The van der Waals surface area contributed by atoms with E-state index in [1.165, 1.54) is 23.6 Å². The molecular weight excluding hydrogens is 274 g/mol. The molecule has 0 spiro atoms. The van der Waals surface area contributed by atoms with Crippen LogP contribution < -0.4 is 5.73 Å². The molecule has 1 aliphatic carbocycles. The smallest absolute Gasteiger partial charge is 0.244 e. The van der Waals surface area contributed by atoms with Gasteiger partial charge in [0.1, 0.15) is 4.90 Å². The SMILES string of the molecule is CN(CC1CCCCC1)S(=O)(=O)c1cccnc1CN. The third-order valence-corrected chi connectivity index (χ3v) is 5.87. The standard InChI is InChI=1S/C14H23N3O2S/c1-17(11-12-6-3-2-4-7-12)20(18,19)14-8-5-9-16-13(14)10-15/h5,8-9,12H,2-4,6-7,10-11,15H2,1H3. The van der Waals surface area contributed by atoms with Crippen molar-refractivity contribution in [2.45, 2.75) is 43.5 Å². The predicted octanol–water partition coefficient (Wildman–Crippen LogP) is 1.74. The quantitative estimate of drug-likeness (QED) is 0.898. The molecule has 0 unspecified atom stereocenters. The van der Waals surface area contributed by atoms with Gasteiger partial charge in [-0.1, -0.05) is 19.3 Å². The topological polar surface area (TPSA) is 76.3 Å². The Kier molecular flexibility index (Phi) is 5.12.